The molecule has 2 aliphatic rings. The number of piperidine rings is 1. The first-order valence-electron chi connectivity index (χ1n) is 11.9. The fourth-order valence-electron chi connectivity index (χ4n) is 4.70. The molecule has 2 aliphatic heterocycles. The van der Waals surface area contributed by atoms with E-state index in [9.17, 15) is 14.4 Å². The average Bonchev–Trinajstić information content (AvgIpc) is 2.91. The first-order chi connectivity index (χ1) is 17.4. The Morgan fingerprint density at radius 1 is 1.19 bits per heavy atom. The van der Waals surface area contributed by atoms with Gasteiger partial charge in [0.1, 0.15) is 11.4 Å². The minimum absolute atomic E-state index is 0.0549. The Balaban J connectivity index is 1.19. The summed E-state index contributed by atoms with van der Waals surface area (Å²) in [5, 5.41) is 2.64. The van der Waals surface area contributed by atoms with E-state index >= 15 is 0 Å². The van der Waals surface area contributed by atoms with Crippen molar-refractivity contribution >= 4 is 28.7 Å². The summed E-state index contributed by atoms with van der Waals surface area (Å²) in [6.07, 6.45) is 2.98. The van der Waals surface area contributed by atoms with Gasteiger partial charge in [-0.1, -0.05) is 0 Å². The Kier molecular flexibility index (Phi) is 6.55. The fraction of sp³-hybridized carbons (Fsp3) is 0.400. The van der Waals surface area contributed by atoms with Crippen molar-refractivity contribution in [1.29, 1.82) is 0 Å². The number of aromatic nitrogens is 3. The fourth-order valence-corrected chi connectivity index (χ4v) is 4.70. The van der Waals surface area contributed by atoms with E-state index in [1.165, 1.54) is 6.20 Å². The van der Waals surface area contributed by atoms with Crippen LogP contribution >= 0.6 is 0 Å². The lowest BCUT2D eigenvalue weighted by Crippen LogP contribution is -2.46. The van der Waals surface area contributed by atoms with E-state index in [1.54, 1.807) is 35.8 Å². The van der Waals surface area contributed by atoms with Crippen LogP contribution in [0.3, 0.4) is 0 Å². The first kappa shape index (κ1) is 23.7. The largest absolute Gasteiger partial charge is 0.497 e. The number of likely N-dealkylation sites (tertiary alicyclic amines) is 1. The number of carbonyl (C=O) groups excluding carboxylic acids is 2. The third-order valence-electron chi connectivity index (χ3n) is 6.81. The Hall–Kier alpha value is -3.99. The van der Waals surface area contributed by atoms with E-state index in [0.717, 1.165) is 37.0 Å². The summed E-state index contributed by atoms with van der Waals surface area (Å²) in [6.45, 7) is 2.82. The van der Waals surface area contributed by atoms with Crippen LogP contribution in [0.1, 0.15) is 23.3 Å². The van der Waals surface area contributed by atoms with E-state index in [1.807, 2.05) is 18.2 Å². The number of methoxy groups -OCH3 is 1. The molecule has 0 atom stereocenters. The summed E-state index contributed by atoms with van der Waals surface area (Å²) in [5.41, 5.74) is 1.62. The Morgan fingerprint density at radius 2 is 2.00 bits per heavy atom. The number of ether oxygens (including phenoxy) is 2. The third kappa shape index (κ3) is 4.74. The van der Waals surface area contributed by atoms with Crippen LogP contribution in [0.5, 0.6) is 11.5 Å². The van der Waals surface area contributed by atoms with Crippen LogP contribution in [-0.2, 0) is 11.3 Å². The molecule has 0 aliphatic carbocycles. The Bertz CT molecular complexity index is 1360. The highest BCUT2D eigenvalue weighted by Gasteiger charge is 2.28. The molecule has 2 amide bonds. The molecule has 0 radical (unpaired) electrons. The quantitative estimate of drug-likeness (QED) is 0.548. The summed E-state index contributed by atoms with van der Waals surface area (Å²) in [6, 6.07) is 8.87. The molecule has 1 aromatic carbocycles. The van der Waals surface area contributed by atoms with E-state index in [-0.39, 0.29) is 41.5 Å². The zero-order valence-electron chi connectivity index (χ0n) is 20.3. The number of fused-ring (bicyclic) bond motifs is 2. The highest BCUT2D eigenvalue weighted by Crippen LogP contribution is 2.26. The number of rotatable bonds is 6. The number of hydrogen-bond acceptors (Lipinski definition) is 8. The summed E-state index contributed by atoms with van der Waals surface area (Å²) in [5.74, 6) is 0.931. The number of nitrogens with zero attached hydrogens (tertiary/aromatic N) is 5. The standard InChI is InChI=1S/C25H28N6O5/c1-29(25(34)19-5-6-21-24(27-19)28-22(32)15-36-21)16-7-9-30(10-8-16)11-12-31-20-13-17(35-2)3-4-18(20)26-14-23(31)33/h3-6,13-14,16H,7-12,15H2,1-2H3,(H,27,28,32). The van der Waals surface area contributed by atoms with Crippen LogP contribution in [0.15, 0.2) is 41.3 Å². The van der Waals surface area contributed by atoms with E-state index < -0.39 is 0 Å². The van der Waals surface area contributed by atoms with Crippen molar-refractivity contribution in [2.75, 3.05) is 45.7 Å². The van der Waals surface area contributed by atoms with Gasteiger partial charge in [-0.15, -0.1) is 0 Å². The van der Waals surface area contributed by atoms with Gasteiger partial charge < -0.3 is 29.2 Å². The predicted molar refractivity (Wildman–Crippen MR) is 132 cm³/mol. The second-order valence-electron chi connectivity index (χ2n) is 8.97. The van der Waals surface area contributed by atoms with Crippen LogP contribution in [0, 0.1) is 0 Å². The number of hydrogen-bond donors (Lipinski definition) is 1. The van der Waals surface area contributed by atoms with E-state index in [0.29, 0.717) is 24.6 Å². The van der Waals surface area contributed by atoms with Crippen molar-refractivity contribution in [1.82, 2.24) is 24.3 Å². The molecule has 4 heterocycles. The third-order valence-corrected chi connectivity index (χ3v) is 6.81. The maximum Gasteiger partial charge on any atom is 0.272 e. The maximum atomic E-state index is 13.1. The number of nitrogens with one attached hydrogen (secondary N) is 1. The van der Waals surface area contributed by atoms with Crippen LogP contribution in [0.4, 0.5) is 5.82 Å². The Morgan fingerprint density at radius 3 is 2.78 bits per heavy atom. The SMILES string of the molecule is COc1ccc2ncc(=O)n(CCN3CCC(N(C)C(=O)c4ccc5c(n4)NC(=O)CO5)CC3)c2c1. The van der Waals surface area contributed by atoms with Crippen LogP contribution in [0.2, 0.25) is 0 Å². The zero-order valence-corrected chi connectivity index (χ0v) is 20.3. The Labute approximate surface area is 207 Å². The van der Waals surface area contributed by atoms with Gasteiger partial charge in [0.25, 0.3) is 17.4 Å². The van der Waals surface area contributed by atoms with Gasteiger partial charge >= 0.3 is 0 Å². The highest BCUT2D eigenvalue weighted by molar-refractivity contribution is 5.97. The summed E-state index contributed by atoms with van der Waals surface area (Å²) < 4.78 is 12.4. The number of anilines is 1. The average molecular weight is 493 g/mol. The predicted octanol–water partition coefficient (Wildman–Crippen LogP) is 1.37. The van der Waals surface area contributed by atoms with Gasteiger partial charge in [0.05, 0.1) is 24.3 Å². The van der Waals surface area contributed by atoms with Crippen molar-refractivity contribution in [3.05, 3.63) is 52.6 Å². The molecular weight excluding hydrogens is 464 g/mol. The van der Waals surface area contributed by atoms with Gasteiger partial charge in [-0.2, -0.15) is 0 Å². The molecule has 36 heavy (non-hydrogen) atoms. The lowest BCUT2D eigenvalue weighted by atomic mass is 10.0. The molecule has 0 saturated carbocycles. The molecule has 0 unspecified atom stereocenters. The van der Waals surface area contributed by atoms with Gasteiger partial charge in [0.15, 0.2) is 18.2 Å². The van der Waals surface area contributed by atoms with Gasteiger partial charge in [0, 0.05) is 45.3 Å². The summed E-state index contributed by atoms with van der Waals surface area (Å²) >= 11 is 0. The van der Waals surface area contributed by atoms with Crippen molar-refractivity contribution in [2.24, 2.45) is 0 Å². The monoisotopic (exact) mass is 492 g/mol. The number of carbonyl (C=O) groups is 2. The smallest absolute Gasteiger partial charge is 0.272 e. The molecule has 5 rings (SSSR count). The second kappa shape index (κ2) is 9.94. The lowest BCUT2D eigenvalue weighted by molar-refractivity contribution is -0.118. The van der Waals surface area contributed by atoms with Crippen LogP contribution in [-0.4, -0.2) is 82.6 Å². The molecule has 2 aromatic heterocycles. The maximum absolute atomic E-state index is 13.1. The molecule has 188 valence electrons. The topological polar surface area (TPSA) is 119 Å². The molecule has 0 spiro atoms. The van der Waals surface area contributed by atoms with Gasteiger partial charge in [0.2, 0.25) is 0 Å². The van der Waals surface area contributed by atoms with Crippen molar-refractivity contribution in [3.63, 3.8) is 0 Å². The van der Waals surface area contributed by atoms with E-state index in [4.69, 9.17) is 9.47 Å². The van der Waals surface area contributed by atoms with Crippen LogP contribution < -0.4 is 20.3 Å². The van der Waals surface area contributed by atoms with Crippen LogP contribution in [0.25, 0.3) is 11.0 Å². The molecular formula is C25H28N6O5. The lowest BCUT2D eigenvalue weighted by Gasteiger charge is -2.36. The molecule has 1 fully saturated rings. The van der Waals surface area contributed by atoms with Crippen molar-refractivity contribution in [2.45, 2.75) is 25.4 Å². The minimum Gasteiger partial charge on any atom is -0.497 e. The number of amides is 2. The number of benzene rings is 1. The molecule has 11 heteroatoms. The van der Waals surface area contributed by atoms with Gasteiger partial charge in [-0.25, -0.2) is 9.97 Å². The molecule has 1 saturated heterocycles. The normalized spacial score (nSPS) is 16.2. The molecule has 1 N–H and O–H groups in total. The summed E-state index contributed by atoms with van der Waals surface area (Å²) in [7, 11) is 3.38. The molecule has 0 bridgehead atoms. The second-order valence-corrected chi connectivity index (χ2v) is 8.97. The summed E-state index contributed by atoms with van der Waals surface area (Å²) in [4.78, 5) is 49.7. The van der Waals surface area contributed by atoms with Crippen molar-refractivity contribution in [3.8, 4) is 11.5 Å². The van der Waals surface area contributed by atoms with Gasteiger partial charge in [-0.3, -0.25) is 14.4 Å². The minimum atomic E-state index is -0.290. The first-order valence-corrected chi connectivity index (χ1v) is 11.9. The van der Waals surface area contributed by atoms with Crippen molar-refractivity contribution < 1.29 is 19.1 Å². The van der Waals surface area contributed by atoms with Gasteiger partial charge in [-0.05, 0) is 37.1 Å². The number of pyridine rings is 1. The molecule has 3 aromatic rings. The molecule has 11 nitrogen and oxygen atoms in total. The highest BCUT2D eigenvalue weighted by atomic mass is 16.5. The zero-order chi connectivity index (χ0) is 25.2. The van der Waals surface area contributed by atoms with E-state index in [2.05, 4.69) is 20.2 Å².